The maximum absolute atomic E-state index is 11.5. The van der Waals surface area contributed by atoms with Crippen LogP contribution in [0.4, 0.5) is 0 Å². The summed E-state index contributed by atoms with van der Waals surface area (Å²) in [7, 11) is -3.95. The number of hydrogen-bond donors (Lipinski definition) is 1. The van der Waals surface area contributed by atoms with Gasteiger partial charge in [0.05, 0.1) is 18.3 Å². The second-order valence-electron chi connectivity index (χ2n) is 20.5. The first-order valence-corrected chi connectivity index (χ1v) is 26.2. The molecule has 0 amide bonds. The van der Waals surface area contributed by atoms with Crippen LogP contribution in [0.5, 0.6) is 0 Å². The second kappa shape index (κ2) is 14.6. The molecule has 0 spiro atoms. The molecule has 1 N–H and O–H groups in total. The zero-order valence-electron chi connectivity index (χ0n) is 35.0. The van der Waals surface area contributed by atoms with E-state index in [2.05, 4.69) is 131 Å². The van der Waals surface area contributed by atoms with E-state index >= 15 is 0 Å². The van der Waals surface area contributed by atoms with Gasteiger partial charge in [-0.1, -0.05) is 114 Å². The minimum absolute atomic E-state index is 0.00969. The van der Waals surface area contributed by atoms with Gasteiger partial charge in [0.25, 0.3) is 0 Å². The molecule has 284 valence electrons. The van der Waals surface area contributed by atoms with E-state index in [1.807, 2.05) is 0 Å². The summed E-state index contributed by atoms with van der Waals surface area (Å²) in [5.41, 5.74) is 8.44. The highest BCUT2D eigenvalue weighted by atomic mass is 28.4. The van der Waals surface area contributed by atoms with Gasteiger partial charge >= 0.3 is 0 Å². The average molecular weight is 731 g/mol. The van der Waals surface area contributed by atoms with Crippen molar-refractivity contribution in [2.24, 2.45) is 17.3 Å². The highest BCUT2D eigenvalue weighted by Crippen LogP contribution is 2.60. The molecule has 51 heavy (non-hydrogen) atoms. The number of hydrogen-bond acceptors (Lipinski definition) is 3. The van der Waals surface area contributed by atoms with Crippen LogP contribution in [0.15, 0.2) is 71.4 Å². The van der Waals surface area contributed by atoms with Gasteiger partial charge < -0.3 is 14.0 Å². The Morgan fingerprint density at radius 3 is 2.14 bits per heavy atom. The van der Waals surface area contributed by atoms with Crippen molar-refractivity contribution in [2.45, 2.75) is 187 Å². The molecule has 5 rings (SSSR count). The van der Waals surface area contributed by atoms with Crippen molar-refractivity contribution in [1.29, 1.82) is 0 Å². The van der Waals surface area contributed by atoms with Crippen LogP contribution >= 0.6 is 0 Å². The molecule has 0 aliphatic heterocycles. The fourth-order valence-corrected chi connectivity index (χ4v) is 11.9. The van der Waals surface area contributed by atoms with Gasteiger partial charge in [-0.25, -0.2) is 0 Å². The third-order valence-electron chi connectivity index (χ3n) is 15.0. The molecule has 0 aromatic heterocycles. The summed E-state index contributed by atoms with van der Waals surface area (Å²) >= 11 is 0. The molecule has 1 aromatic rings. The molecule has 0 heterocycles. The Labute approximate surface area is 315 Å². The van der Waals surface area contributed by atoms with Crippen LogP contribution < -0.4 is 0 Å². The molecule has 3 nitrogen and oxygen atoms in total. The Kier molecular flexibility index (Phi) is 11.7. The first kappa shape index (κ1) is 40.7. The quantitative estimate of drug-likeness (QED) is 0.192. The number of aliphatic hydroxyl groups is 1. The van der Waals surface area contributed by atoms with Crippen molar-refractivity contribution < 1.29 is 14.0 Å². The van der Waals surface area contributed by atoms with Gasteiger partial charge in [-0.15, -0.1) is 0 Å². The lowest BCUT2D eigenvalue weighted by Crippen LogP contribution is -2.49. The van der Waals surface area contributed by atoms with E-state index in [1.54, 1.807) is 5.57 Å². The Bertz CT molecular complexity index is 1510. The van der Waals surface area contributed by atoms with E-state index in [4.69, 9.17) is 15.4 Å². The largest absolute Gasteiger partial charge is 0.413 e. The van der Waals surface area contributed by atoms with Crippen molar-refractivity contribution >= 4 is 16.6 Å². The molecule has 0 saturated heterocycles. The van der Waals surface area contributed by atoms with E-state index in [0.29, 0.717) is 11.8 Å². The zero-order valence-corrected chi connectivity index (χ0v) is 37.0. The molecule has 4 saturated carbocycles. The lowest BCUT2D eigenvalue weighted by atomic mass is 9.62. The van der Waals surface area contributed by atoms with Crippen LogP contribution in [-0.4, -0.2) is 40.1 Å². The average Bonchev–Trinajstić information content (AvgIpc) is 3.75. The minimum atomic E-state index is -2.00. The Hall–Kier alpha value is -1.51. The summed E-state index contributed by atoms with van der Waals surface area (Å²) in [6.07, 6.45) is 18.2. The standard InChI is InChI=1S/C46H74O3Si2/c1-32-17-22-37(23-18-32)46(28-29-46)42(47)26-19-33(2)39-24-25-40-35(16-15-27-45(39,40)10)20-21-36-30-38(48-50(11,12)43(4,5)6)31-41(34(36)3)49-51(13,14)44(7,8)9/h17-23,38-42,47H,3,15-16,24-31H2,1-2,4-14H3/b33-19?,35-20+,36-21-/t38-,39-,40+,41+,42-,45-/m1/s1. The van der Waals surface area contributed by atoms with Crippen LogP contribution in [0, 0.1) is 24.2 Å². The van der Waals surface area contributed by atoms with E-state index in [9.17, 15) is 5.11 Å². The van der Waals surface area contributed by atoms with Crippen LogP contribution in [0.25, 0.3) is 0 Å². The van der Waals surface area contributed by atoms with Crippen molar-refractivity contribution in [3.05, 3.63) is 82.5 Å². The fourth-order valence-electron chi connectivity index (χ4n) is 9.25. The molecule has 0 unspecified atom stereocenters. The second-order valence-corrected chi connectivity index (χ2v) is 30.0. The van der Waals surface area contributed by atoms with Crippen LogP contribution in [0.2, 0.25) is 36.3 Å². The predicted molar refractivity (Wildman–Crippen MR) is 223 cm³/mol. The number of aryl methyl sites for hydroxylation is 1. The SMILES string of the molecule is C=C1/C(=C\C=C2/CCC[C@]3(C)[C@@H](C(C)=CC[C@@H](O)C4(c5ccc(C)cc5)CC4)CC[C@@H]23)C[C@@H](O[Si](C)(C)C(C)(C)C)C[C@@H]1O[Si](C)(C)C(C)(C)C. The van der Waals surface area contributed by atoms with E-state index < -0.39 is 16.6 Å². The van der Waals surface area contributed by atoms with E-state index in [-0.39, 0.29) is 39.2 Å². The normalized spacial score (nSPS) is 31.3. The molecular weight excluding hydrogens is 657 g/mol. The lowest BCUT2D eigenvalue weighted by molar-refractivity contribution is 0.0969. The molecule has 4 aliphatic carbocycles. The number of benzene rings is 1. The van der Waals surface area contributed by atoms with Crippen molar-refractivity contribution in [3.63, 3.8) is 0 Å². The first-order chi connectivity index (χ1) is 23.5. The summed E-state index contributed by atoms with van der Waals surface area (Å²) in [5.74, 6) is 1.19. The Morgan fingerprint density at radius 2 is 1.55 bits per heavy atom. The summed E-state index contributed by atoms with van der Waals surface area (Å²) in [6, 6.07) is 8.86. The summed E-state index contributed by atoms with van der Waals surface area (Å²) in [6.45, 7) is 35.3. The molecule has 0 radical (unpaired) electrons. The monoisotopic (exact) mass is 731 g/mol. The maximum Gasteiger partial charge on any atom is 0.192 e. The summed E-state index contributed by atoms with van der Waals surface area (Å²) in [5, 5.41) is 11.8. The van der Waals surface area contributed by atoms with Gasteiger partial charge in [-0.3, -0.25) is 0 Å². The van der Waals surface area contributed by atoms with Gasteiger partial charge in [0, 0.05) is 11.8 Å². The minimum Gasteiger partial charge on any atom is -0.413 e. The highest BCUT2D eigenvalue weighted by Gasteiger charge is 2.51. The van der Waals surface area contributed by atoms with Gasteiger partial charge in [0.2, 0.25) is 0 Å². The van der Waals surface area contributed by atoms with E-state index in [0.717, 1.165) is 32.1 Å². The number of rotatable bonds is 10. The lowest BCUT2D eigenvalue weighted by Gasteiger charge is -2.45. The highest BCUT2D eigenvalue weighted by molar-refractivity contribution is 6.74. The maximum atomic E-state index is 11.5. The molecule has 5 heteroatoms. The Balaban J connectivity index is 1.34. The zero-order chi connectivity index (χ0) is 37.8. The molecule has 4 fully saturated rings. The predicted octanol–water partition coefficient (Wildman–Crippen LogP) is 12.9. The fraction of sp³-hybridized carbons (Fsp3) is 0.696. The van der Waals surface area contributed by atoms with Gasteiger partial charge in [0.1, 0.15) is 0 Å². The third-order valence-corrected chi connectivity index (χ3v) is 24.0. The first-order valence-electron chi connectivity index (χ1n) is 20.4. The van der Waals surface area contributed by atoms with Crippen LogP contribution in [0.1, 0.15) is 131 Å². The van der Waals surface area contributed by atoms with Crippen LogP contribution in [-0.2, 0) is 14.3 Å². The third kappa shape index (κ3) is 8.43. The van der Waals surface area contributed by atoms with Gasteiger partial charge in [0.15, 0.2) is 16.6 Å². The molecular formula is C46H74O3Si2. The topological polar surface area (TPSA) is 38.7 Å². The summed E-state index contributed by atoms with van der Waals surface area (Å²) in [4.78, 5) is 0. The van der Waals surface area contributed by atoms with Crippen molar-refractivity contribution in [1.82, 2.24) is 0 Å². The van der Waals surface area contributed by atoms with Crippen LogP contribution in [0.3, 0.4) is 0 Å². The number of fused-ring (bicyclic) bond motifs is 1. The van der Waals surface area contributed by atoms with Crippen molar-refractivity contribution in [3.8, 4) is 0 Å². The van der Waals surface area contributed by atoms with E-state index in [1.165, 1.54) is 60.0 Å². The molecule has 0 bridgehead atoms. The molecule has 4 aliphatic rings. The Morgan fingerprint density at radius 1 is 0.941 bits per heavy atom. The smallest absolute Gasteiger partial charge is 0.192 e. The molecule has 6 atom stereocenters. The van der Waals surface area contributed by atoms with Crippen molar-refractivity contribution in [2.75, 3.05) is 0 Å². The molecule has 1 aromatic carbocycles. The van der Waals surface area contributed by atoms with Gasteiger partial charge in [-0.2, -0.15) is 0 Å². The summed E-state index contributed by atoms with van der Waals surface area (Å²) < 4.78 is 14.2. The number of aliphatic hydroxyl groups excluding tert-OH is 1. The van der Waals surface area contributed by atoms with Gasteiger partial charge in [-0.05, 0) is 142 Å². The number of allylic oxidation sites excluding steroid dienone is 4.